The molecule has 0 unspecified atom stereocenters. The molecule has 1 aliphatic rings. The Balaban J connectivity index is 1.89. The van der Waals surface area contributed by atoms with Gasteiger partial charge in [-0.3, -0.25) is 4.57 Å². The number of alkyl halides is 2. The molecule has 0 bridgehead atoms. The number of fused-ring (bicyclic) bond motifs is 1. The largest absolute Gasteiger partial charge is 0.378 e. The predicted molar refractivity (Wildman–Crippen MR) is 96.4 cm³/mol. The Hall–Kier alpha value is -2.26. The van der Waals surface area contributed by atoms with E-state index in [2.05, 4.69) is 19.9 Å². The van der Waals surface area contributed by atoms with E-state index in [9.17, 15) is 8.78 Å². The smallest absolute Gasteiger partial charge is 0.296 e. The van der Waals surface area contributed by atoms with Crippen LogP contribution in [0.4, 0.5) is 14.6 Å². The van der Waals surface area contributed by atoms with E-state index in [4.69, 9.17) is 4.74 Å². The number of hydrogen-bond donors (Lipinski definition) is 0. The van der Waals surface area contributed by atoms with Gasteiger partial charge in [-0.1, -0.05) is 23.9 Å². The van der Waals surface area contributed by atoms with Gasteiger partial charge in [-0.2, -0.15) is 0 Å². The maximum Gasteiger partial charge on any atom is 0.296 e. The molecule has 0 aliphatic carbocycles. The van der Waals surface area contributed by atoms with Crippen LogP contribution in [0.25, 0.3) is 16.9 Å². The number of anilines is 1. The van der Waals surface area contributed by atoms with Gasteiger partial charge in [0.2, 0.25) is 0 Å². The zero-order valence-corrected chi connectivity index (χ0v) is 14.9. The molecule has 1 saturated heterocycles. The van der Waals surface area contributed by atoms with Crippen molar-refractivity contribution in [2.75, 3.05) is 37.5 Å². The van der Waals surface area contributed by atoms with Crippen molar-refractivity contribution in [3.05, 3.63) is 36.2 Å². The lowest BCUT2D eigenvalue weighted by atomic mass is 10.3. The Kier molecular flexibility index (Phi) is 4.73. The van der Waals surface area contributed by atoms with Crippen molar-refractivity contribution in [3.63, 3.8) is 0 Å². The van der Waals surface area contributed by atoms with Gasteiger partial charge in [-0.25, -0.2) is 23.7 Å². The number of imidazole rings is 1. The Labute approximate surface area is 153 Å². The number of thioether (sulfide) groups is 1. The molecule has 4 rings (SSSR count). The third-order valence-electron chi connectivity index (χ3n) is 4.21. The first kappa shape index (κ1) is 17.2. The molecule has 0 N–H and O–H groups in total. The summed E-state index contributed by atoms with van der Waals surface area (Å²) in [6.07, 6.45) is -0.843. The number of benzene rings is 1. The third kappa shape index (κ3) is 3.12. The van der Waals surface area contributed by atoms with Crippen LogP contribution >= 0.6 is 11.8 Å². The molecule has 0 amide bonds. The van der Waals surface area contributed by atoms with Crippen molar-refractivity contribution in [3.8, 4) is 5.82 Å². The van der Waals surface area contributed by atoms with Crippen LogP contribution in [-0.4, -0.2) is 52.1 Å². The Morgan fingerprint density at radius 3 is 2.54 bits per heavy atom. The van der Waals surface area contributed by atoms with Gasteiger partial charge in [0.15, 0.2) is 11.0 Å². The minimum atomic E-state index is -2.71. The van der Waals surface area contributed by atoms with Crippen LogP contribution in [0.5, 0.6) is 0 Å². The van der Waals surface area contributed by atoms with Crippen LogP contribution in [0.15, 0.2) is 35.5 Å². The van der Waals surface area contributed by atoms with Crippen molar-refractivity contribution in [2.45, 2.75) is 11.6 Å². The molecule has 2 aromatic heterocycles. The monoisotopic (exact) mass is 377 g/mol. The van der Waals surface area contributed by atoms with E-state index in [0.717, 1.165) is 0 Å². The number of hydrogen-bond acceptors (Lipinski definition) is 6. The molecule has 3 heterocycles. The summed E-state index contributed by atoms with van der Waals surface area (Å²) in [6, 6.07) is 8.81. The zero-order chi connectivity index (χ0) is 18.1. The van der Waals surface area contributed by atoms with E-state index in [0.29, 0.717) is 54.1 Å². The number of aromatic nitrogens is 4. The fourth-order valence-electron chi connectivity index (χ4n) is 2.99. The molecule has 0 saturated carbocycles. The van der Waals surface area contributed by atoms with E-state index in [1.807, 2.05) is 6.26 Å². The fourth-order valence-corrected chi connectivity index (χ4v) is 3.36. The Morgan fingerprint density at radius 2 is 1.81 bits per heavy atom. The van der Waals surface area contributed by atoms with Gasteiger partial charge < -0.3 is 9.64 Å². The van der Waals surface area contributed by atoms with Gasteiger partial charge >= 0.3 is 0 Å². The Bertz CT molecular complexity index is 927. The highest BCUT2D eigenvalue weighted by Gasteiger charge is 2.23. The highest BCUT2D eigenvalue weighted by molar-refractivity contribution is 7.98. The predicted octanol–water partition coefficient (Wildman–Crippen LogP) is 3.31. The second-order valence-electron chi connectivity index (χ2n) is 5.77. The molecule has 0 radical (unpaired) electrons. The highest BCUT2D eigenvalue weighted by atomic mass is 32.2. The average Bonchev–Trinajstić information content (AvgIpc) is 3.08. The van der Waals surface area contributed by atoms with Crippen molar-refractivity contribution < 1.29 is 13.5 Å². The topological polar surface area (TPSA) is 56.1 Å². The summed E-state index contributed by atoms with van der Waals surface area (Å²) < 4.78 is 34.1. The molecule has 26 heavy (non-hydrogen) atoms. The van der Waals surface area contributed by atoms with Gasteiger partial charge in [0.25, 0.3) is 6.43 Å². The quantitative estimate of drug-likeness (QED) is 0.514. The molecule has 9 heteroatoms. The van der Waals surface area contributed by atoms with E-state index in [1.165, 1.54) is 16.3 Å². The molecule has 1 aromatic carbocycles. The van der Waals surface area contributed by atoms with E-state index < -0.39 is 6.43 Å². The lowest BCUT2D eigenvalue weighted by Gasteiger charge is -2.28. The lowest BCUT2D eigenvalue weighted by molar-refractivity contribution is 0.122. The van der Waals surface area contributed by atoms with Crippen LogP contribution in [0.1, 0.15) is 12.2 Å². The molecule has 0 atom stereocenters. The molecule has 3 aromatic rings. The second-order valence-corrected chi connectivity index (χ2v) is 6.54. The van der Waals surface area contributed by atoms with Crippen LogP contribution in [0.3, 0.4) is 0 Å². The van der Waals surface area contributed by atoms with Crippen LogP contribution in [0.2, 0.25) is 0 Å². The minimum absolute atomic E-state index is 0.315. The standard InChI is InChI=1S/C17H17F2N5OS/c1-26-17-21-13(23-6-8-25-9-7-23)10-14(22-17)24-12-5-3-2-4-11(12)20-16(24)15(18)19/h2-5,10,15H,6-9H2,1H3. The molecular formula is C17H17F2N5OS. The minimum Gasteiger partial charge on any atom is -0.378 e. The first-order valence-corrected chi connectivity index (χ1v) is 9.41. The summed E-state index contributed by atoms with van der Waals surface area (Å²) in [4.78, 5) is 15.2. The number of rotatable bonds is 4. The number of morpholine rings is 1. The first-order chi connectivity index (χ1) is 12.7. The summed E-state index contributed by atoms with van der Waals surface area (Å²) in [5.41, 5.74) is 1.11. The van der Waals surface area contributed by atoms with E-state index >= 15 is 0 Å². The maximum atomic E-state index is 13.6. The molecule has 0 spiro atoms. The van der Waals surface area contributed by atoms with Crippen molar-refractivity contribution in [1.82, 2.24) is 19.5 Å². The SMILES string of the molecule is CSc1nc(N2CCOCC2)cc(-n2c(C(F)F)nc3ccccc32)n1. The first-order valence-electron chi connectivity index (χ1n) is 8.19. The van der Waals surface area contributed by atoms with Crippen molar-refractivity contribution >= 4 is 28.6 Å². The fraction of sp³-hybridized carbons (Fsp3) is 0.353. The molecular weight excluding hydrogens is 360 g/mol. The number of nitrogens with zero attached hydrogens (tertiary/aromatic N) is 5. The summed E-state index contributed by atoms with van der Waals surface area (Å²) in [5, 5.41) is 0.530. The van der Waals surface area contributed by atoms with Crippen LogP contribution < -0.4 is 4.90 Å². The van der Waals surface area contributed by atoms with Gasteiger partial charge in [0, 0.05) is 19.2 Å². The van der Waals surface area contributed by atoms with E-state index in [-0.39, 0.29) is 5.82 Å². The molecule has 1 fully saturated rings. The normalized spacial score (nSPS) is 15.2. The zero-order valence-electron chi connectivity index (χ0n) is 14.1. The third-order valence-corrected chi connectivity index (χ3v) is 4.75. The van der Waals surface area contributed by atoms with Gasteiger partial charge in [0.1, 0.15) is 11.6 Å². The Morgan fingerprint density at radius 1 is 1.08 bits per heavy atom. The van der Waals surface area contributed by atoms with Gasteiger partial charge in [-0.15, -0.1) is 0 Å². The van der Waals surface area contributed by atoms with Crippen molar-refractivity contribution in [1.29, 1.82) is 0 Å². The van der Waals surface area contributed by atoms with Crippen LogP contribution in [0, 0.1) is 0 Å². The average molecular weight is 377 g/mol. The second kappa shape index (κ2) is 7.16. The van der Waals surface area contributed by atoms with Crippen LogP contribution in [-0.2, 0) is 4.74 Å². The summed E-state index contributed by atoms with van der Waals surface area (Å²) in [7, 11) is 0. The number of ether oxygens (including phenoxy) is 1. The van der Waals surface area contributed by atoms with E-state index in [1.54, 1.807) is 30.3 Å². The summed E-state index contributed by atoms with van der Waals surface area (Å²) in [6.45, 7) is 2.64. The lowest BCUT2D eigenvalue weighted by Crippen LogP contribution is -2.37. The summed E-state index contributed by atoms with van der Waals surface area (Å²) in [5.74, 6) is 0.792. The molecule has 6 nitrogen and oxygen atoms in total. The van der Waals surface area contributed by atoms with Gasteiger partial charge in [0.05, 0.1) is 24.2 Å². The molecule has 136 valence electrons. The molecule has 1 aliphatic heterocycles. The highest BCUT2D eigenvalue weighted by Crippen LogP contribution is 2.29. The summed E-state index contributed by atoms with van der Waals surface area (Å²) >= 11 is 1.38. The van der Waals surface area contributed by atoms with Gasteiger partial charge in [-0.05, 0) is 18.4 Å². The number of para-hydroxylation sites is 2. The number of halogens is 2. The van der Waals surface area contributed by atoms with Crippen molar-refractivity contribution in [2.24, 2.45) is 0 Å². The maximum absolute atomic E-state index is 13.6.